The highest BCUT2D eigenvalue weighted by molar-refractivity contribution is 6.11. The maximum atomic E-state index is 9.74. The molecule has 0 saturated carbocycles. The van der Waals surface area contributed by atoms with Crippen LogP contribution in [0.1, 0.15) is 87.2 Å². The summed E-state index contributed by atoms with van der Waals surface area (Å²) in [5.41, 5.74) is 15.7. The number of hydrogen-bond acceptors (Lipinski definition) is 4. The molecule has 334 valence electrons. The van der Waals surface area contributed by atoms with Crippen LogP contribution < -0.4 is 10.1 Å². The van der Waals surface area contributed by atoms with Gasteiger partial charge >= 0.3 is 0 Å². The fourth-order valence-corrected chi connectivity index (χ4v) is 12.8. The number of aromatic nitrogens is 1. The largest absolute Gasteiger partial charge is 0.485 e. The minimum absolute atomic E-state index is 0.275. The lowest BCUT2D eigenvalue weighted by Gasteiger charge is -2.41. The van der Waals surface area contributed by atoms with Crippen LogP contribution in [0.25, 0.3) is 55.5 Å². The number of ether oxygens (including phenoxy) is 1. The summed E-state index contributed by atoms with van der Waals surface area (Å²) in [5.74, 6) is 2.58. The molecule has 0 bridgehead atoms. The van der Waals surface area contributed by atoms with Crippen LogP contribution in [0.5, 0.6) is 5.75 Å². The summed E-state index contributed by atoms with van der Waals surface area (Å²) in [7, 11) is 0. The highest BCUT2D eigenvalue weighted by Gasteiger charge is 2.53. The number of para-hydroxylation sites is 2. The van der Waals surface area contributed by atoms with Crippen LogP contribution in [-0.2, 0) is 12.0 Å². The van der Waals surface area contributed by atoms with E-state index < -0.39 is 5.54 Å². The second kappa shape index (κ2) is 15.8. The summed E-state index contributed by atoms with van der Waals surface area (Å²) in [6, 6.07) is 74.5. The van der Waals surface area contributed by atoms with Crippen molar-refractivity contribution in [2.45, 2.75) is 55.2 Å². The molecule has 2 aliphatic heterocycles. The van der Waals surface area contributed by atoms with E-state index in [2.05, 4.69) is 217 Å². The van der Waals surface area contributed by atoms with Crippen LogP contribution in [0.15, 0.2) is 211 Å². The number of amidine groups is 1. The van der Waals surface area contributed by atoms with Gasteiger partial charge in [-0.15, -0.1) is 0 Å². The van der Waals surface area contributed by atoms with Crippen molar-refractivity contribution in [3.63, 3.8) is 0 Å². The van der Waals surface area contributed by atoms with Crippen molar-refractivity contribution < 1.29 is 4.74 Å². The number of allylic oxidation sites excluding steroid dienone is 1. The van der Waals surface area contributed by atoms with Gasteiger partial charge in [0.1, 0.15) is 23.2 Å². The Morgan fingerprint density at radius 3 is 2.26 bits per heavy atom. The first-order valence-corrected chi connectivity index (χ1v) is 24.6. The van der Waals surface area contributed by atoms with E-state index in [1.165, 1.54) is 49.4 Å². The van der Waals surface area contributed by atoms with Crippen molar-refractivity contribution >= 4 is 44.5 Å². The highest BCUT2D eigenvalue weighted by atomic mass is 16.5. The molecule has 6 unspecified atom stereocenters. The molecule has 1 aromatic heterocycles. The molecule has 0 saturated heterocycles. The fraction of sp³-hybridized carbons (Fsp3) is 0.138. The molecule has 0 fully saturated rings. The van der Waals surface area contributed by atoms with E-state index >= 15 is 0 Å². The minimum atomic E-state index is -0.634. The van der Waals surface area contributed by atoms with Gasteiger partial charge in [-0.05, 0) is 123 Å². The molecule has 5 heteroatoms. The maximum absolute atomic E-state index is 9.74. The number of rotatable bonds is 5. The lowest BCUT2D eigenvalue weighted by atomic mass is 9.68. The second-order valence-electron chi connectivity index (χ2n) is 19.8. The first-order chi connectivity index (χ1) is 34.5. The van der Waals surface area contributed by atoms with E-state index in [1.54, 1.807) is 0 Å². The first kappa shape index (κ1) is 40.6. The minimum Gasteiger partial charge on any atom is -0.485 e. The van der Waals surface area contributed by atoms with E-state index in [0.29, 0.717) is 17.4 Å². The SMILES string of the molecule is CC12NC(c3ccc(C4CCc5cc6ccccc6cc5C5C=Cc6ccccc6C54)cc3)=NC(c3cccc4c3c3ccccc3n4-c3ccccc3)C1Oc1cc(-c3cccc(C#N)c3)ccc12. The van der Waals surface area contributed by atoms with Crippen LogP contribution in [0.2, 0.25) is 0 Å². The standard InChI is InChI=1S/C65H48N4O/c1-65-56-34-31-47(44-17-11-13-40(35-44)39-66)38-59(56)70-63(65)62(54-22-12-24-58-61(54)53-21-9-10-23-57(53)69(58)49-18-3-2-4-19-49)67-64(68-65)43-27-25-42(26-28-43)51-32-30-48-36-45-15-5-6-16-46(45)37-55(48)52-33-29-41-14-7-8-20-50(41)60(51)52/h2-29,31,33-38,51-52,60,62-63H,30,32H2,1H3,(H,67,68). The van der Waals surface area contributed by atoms with Gasteiger partial charge < -0.3 is 14.6 Å². The Morgan fingerprint density at radius 2 is 1.39 bits per heavy atom. The fourth-order valence-electron chi connectivity index (χ4n) is 12.8. The Balaban J connectivity index is 0.902. The Bertz CT molecular complexity index is 3860. The van der Waals surface area contributed by atoms with Gasteiger partial charge in [0, 0.05) is 39.4 Å². The smallest absolute Gasteiger partial charge is 0.152 e. The van der Waals surface area contributed by atoms with Crippen molar-refractivity contribution in [2.75, 3.05) is 0 Å². The van der Waals surface area contributed by atoms with Crippen molar-refractivity contribution in [1.29, 1.82) is 5.26 Å². The monoisotopic (exact) mass is 900 g/mol. The molecule has 14 rings (SSSR count). The maximum Gasteiger partial charge on any atom is 0.152 e. The Hall–Kier alpha value is -8.46. The summed E-state index contributed by atoms with van der Waals surface area (Å²) >= 11 is 0. The van der Waals surface area contributed by atoms with E-state index in [4.69, 9.17) is 9.73 Å². The lowest BCUT2D eigenvalue weighted by molar-refractivity contribution is 0.110. The highest BCUT2D eigenvalue weighted by Crippen LogP contribution is 2.54. The molecular weight excluding hydrogens is 853 g/mol. The summed E-state index contributed by atoms with van der Waals surface area (Å²) < 4.78 is 9.61. The van der Waals surface area contributed by atoms with Crippen molar-refractivity contribution in [3.8, 4) is 28.6 Å². The van der Waals surface area contributed by atoms with Gasteiger partial charge in [-0.2, -0.15) is 5.26 Å². The first-order valence-electron chi connectivity index (χ1n) is 24.6. The van der Waals surface area contributed by atoms with Gasteiger partial charge in [0.25, 0.3) is 0 Å². The van der Waals surface area contributed by atoms with Crippen molar-refractivity contribution in [1.82, 2.24) is 9.88 Å². The van der Waals surface area contributed by atoms with Gasteiger partial charge in [-0.1, -0.05) is 170 Å². The van der Waals surface area contributed by atoms with Gasteiger partial charge in [0.2, 0.25) is 0 Å². The molecule has 4 aliphatic rings. The molecule has 0 radical (unpaired) electrons. The van der Waals surface area contributed by atoms with Crippen molar-refractivity contribution in [2.24, 2.45) is 4.99 Å². The molecule has 10 aromatic rings. The number of aliphatic imine (C=N–C) groups is 1. The molecule has 6 atom stereocenters. The van der Waals surface area contributed by atoms with Crippen LogP contribution in [0.3, 0.4) is 0 Å². The van der Waals surface area contributed by atoms with Crippen LogP contribution in [-0.4, -0.2) is 16.5 Å². The zero-order valence-corrected chi connectivity index (χ0v) is 38.8. The van der Waals surface area contributed by atoms with Crippen LogP contribution in [0, 0.1) is 11.3 Å². The Kier molecular flexibility index (Phi) is 9.16. The van der Waals surface area contributed by atoms with Gasteiger partial charge in [0.15, 0.2) is 6.10 Å². The van der Waals surface area contributed by atoms with Gasteiger partial charge in [-0.3, -0.25) is 4.99 Å². The topological polar surface area (TPSA) is 62.3 Å². The van der Waals surface area contributed by atoms with Gasteiger partial charge in [0.05, 0.1) is 22.7 Å². The van der Waals surface area contributed by atoms with Crippen LogP contribution in [0.4, 0.5) is 0 Å². The van der Waals surface area contributed by atoms with Crippen LogP contribution >= 0.6 is 0 Å². The zero-order valence-electron chi connectivity index (χ0n) is 38.8. The Morgan fingerprint density at radius 1 is 0.657 bits per heavy atom. The second-order valence-corrected chi connectivity index (χ2v) is 19.8. The quantitative estimate of drug-likeness (QED) is 0.187. The van der Waals surface area contributed by atoms with E-state index in [1.807, 2.05) is 18.2 Å². The molecule has 0 amide bonds. The molecule has 1 N–H and O–H groups in total. The number of hydrogen-bond donors (Lipinski definition) is 1. The normalized spacial score (nSPS) is 21.8. The van der Waals surface area contributed by atoms with E-state index in [9.17, 15) is 5.26 Å². The number of nitrogens with one attached hydrogen (secondary N) is 1. The molecule has 9 aromatic carbocycles. The lowest BCUT2D eigenvalue weighted by Crippen LogP contribution is -2.56. The average molecular weight is 901 g/mol. The summed E-state index contributed by atoms with van der Waals surface area (Å²) in [6.45, 7) is 2.28. The molecule has 3 heterocycles. The summed E-state index contributed by atoms with van der Waals surface area (Å²) in [6.07, 6.45) is 6.57. The number of aryl methyl sites for hydroxylation is 1. The third kappa shape index (κ3) is 6.26. The average Bonchev–Trinajstić information content (AvgIpc) is 3.86. The number of benzene rings is 9. The zero-order chi connectivity index (χ0) is 46.5. The van der Waals surface area contributed by atoms with Gasteiger partial charge in [-0.25, -0.2) is 0 Å². The van der Waals surface area contributed by atoms with Crippen molar-refractivity contribution in [3.05, 3.63) is 256 Å². The van der Waals surface area contributed by atoms with E-state index in [0.717, 1.165) is 69.0 Å². The third-order valence-corrected chi connectivity index (χ3v) is 16.0. The number of fused-ring (bicyclic) bond motifs is 12. The molecule has 2 aliphatic carbocycles. The summed E-state index contributed by atoms with van der Waals surface area (Å²) in [5, 5.41) is 18.8. The molecule has 5 nitrogen and oxygen atoms in total. The molecule has 0 spiro atoms. The Labute approximate surface area is 407 Å². The molecular formula is C65H48N4O. The predicted octanol–water partition coefficient (Wildman–Crippen LogP) is 14.9. The number of nitrogens with zero attached hydrogens (tertiary/aromatic N) is 3. The predicted molar refractivity (Wildman–Crippen MR) is 284 cm³/mol. The van der Waals surface area contributed by atoms with E-state index in [-0.39, 0.29) is 18.1 Å². The third-order valence-electron chi connectivity index (χ3n) is 16.0. The number of nitriles is 1. The molecule has 70 heavy (non-hydrogen) atoms. The summed E-state index contributed by atoms with van der Waals surface area (Å²) in [4.78, 5) is 5.77.